The molecule has 5 N–H and O–H groups in total. The van der Waals surface area contributed by atoms with Crippen molar-refractivity contribution in [1.29, 1.82) is 0 Å². The highest BCUT2D eigenvalue weighted by Gasteiger charge is 2.22. The van der Waals surface area contributed by atoms with Crippen LogP contribution in [0.4, 0.5) is 11.4 Å². The molecule has 2 rings (SSSR count). The van der Waals surface area contributed by atoms with E-state index >= 15 is 0 Å². The van der Waals surface area contributed by atoms with Crippen molar-refractivity contribution in [2.45, 2.75) is 38.6 Å². The highest BCUT2D eigenvalue weighted by atomic mass is 16.4. The number of hydrogen-bond acceptors (Lipinski definition) is 4. The average molecular weight is 291 g/mol. The minimum absolute atomic E-state index is 0.0824. The Balaban J connectivity index is 1.82. The Kier molecular flexibility index (Phi) is 4.67. The first-order valence-electron chi connectivity index (χ1n) is 7.14. The molecule has 0 bridgehead atoms. The summed E-state index contributed by atoms with van der Waals surface area (Å²) in [5.41, 5.74) is 7.56. The lowest BCUT2D eigenvalue weighted by molar-refractivity contribution is -0.121. The van der Waals surface area contributed by atoms with Crippen molar-refractivity contribution in [2.75, 3.05) is 17.6 Å². The Morgan fingerprint density at radius 1 is 1.38 bits per heavy atom. The van der Waals surface area contributed by atoms with E-state index < -0.39 is 5.97 Å². The summed E-state index contributed by atoms with van der Waals surface area (Å²) in [6.45, 7) is 2.39. The number of carboxylic acids is 1. The van der Waals surface area contributed by atoms with Crippen molar-refractivity contribution < 1.29 is 14.7 Å². The van der Waals surface area contributed by atoms with Crippen molar-refractivity contribution in [2.24, 2.45) is 0 Å². The molecule has 1 aliphatic rings. The molecule has 0 heterocycles. The van der Waals surface area contributed by atoms with E-state index in [9.17, 15) is 9.59 Å². The van der Waals surface area contributed by atoms with Gasteiger partial charge >= 0.3 is 5.97 Å². The van der Waals surface area contributed by atoms with Crippen LogP contribution in [0.15, 0.2) is 12.1 Å². The van der Waals surface area contributed by atoms with Crippen molar-refractivity contribution in [3.63, 3.8) is 0 Å². The van der Waals surface area contributed by atoms with Gasteiger partial charge in [-0.25, -0.2) is 4.79 Å². The van der Waals surface area contributed by atoms with Gasteiger partial charge in [0.25, 0.3) is 0 Å². The van der Waals surface area contributed by atoms with Crippen LogP contribution >= 0.6 is 0 Å². The normalized spacial score (nSPS) is 13.8. The molecular formula is C15H21N3O3. The standard InChI is InChI=1S/C15H21N3O3/c1-9-7-11(8-12(14(9)16)15(20)21)17-6-2-3-13(19)18-10-4-5-10/h7-8,10,17H,2-6,16H2,1H3,(H,18,19)(H,20,21). The number of aryl methyl sites for hydroxylation is 1. The van der Waals surface area contributed by atoms with Gasteiger partial charge in [-0.15, -0.1) is 0 Å². The predicted octanol–water partition coefficient (Wildman–Crippen LogP) is 1.75. The highest BCUT2D eigenvalue weighted by Crippen LogP contribution is 2.23. The summed E-state index contributed by atoms with van der Waals surface area (Å²) in [6.07, 6.45) is 3.35. The van der Waals surface area contributed by atoms with Crippen molar-refractivity contribution in [3.05, 3.63) is 23.3 Å². The van der Waals surface area contributed by atoms with Crippen LogP contribution in [-0.4, -0.2) is 29.6 Å². The number of carbonyl (C=O) groups is 2. The zero-order valence-electron chi connectivity index (χ0n) is 12.1. The second-order valence-electron chi connectivity index (χ2n) is 5.43. The van der Waals surface area contributed by atoms with E-state index in [1.165, 1.54) is 6.07 Å². The third-order valence-corrected chi connectivity index (χ3v) is 3.47. The van der Waals surface area contributed by atoms with E-state index in [0.717, 1.165) is 18.4 Å². The number of rotatable bonds is 7. The van der Waals surface area contributed by atoms with Gasteiger partial charge in [0.05, 0.1) is 5.56 Å². The minimum Gasteiger partial charge on any atom is -0.478 e. The highest BCUT2D eigenvalue weighted by molar-refractivity contribution is 5.95. The molecule has 1 amide bonds. The molecule has 1 fully saturated rings. The number of hydrogen-bond donors (Lipinski definition) is 4. The third-order valence-electron chi connectivity index (χ3n) is 3.47. The van der Waals surface area contributed by atoms with Crippen LogP contribution in [0, 0.1) is 6.92 Å². The Morgan fingerprint density at radius 3 is 2.71 bits per heavy atom. The van der Waals surface area contributed by atoms with Gasteiger partial charge in [0.1, 0.15) is 0 Å². The summed E-state index contributed by atoms with van der Waals surface area (Å²) in [7, 11) is 0. The van der Waals surface area contributed by atoms with Crippen LogP contribution in [-0.2, 0) is 4.79 Å². The molecule has 1 aromatic rings. The average Bonchev–Trinajstić information content (AvgIpc) is 3.22. The van der Waals surface area contributed by atoms with Crippen LogP contribution in [0.25, 0.3) is 0 Å². The number of anilines is 2. The maximum absolute atomic E-state index is 11.5. The second kappa shape index (κ2) is 6.47. The van der Waals surface area contributed by atoms with Crippen LogP contribution in [0.3, 0.4) is 0 Å². The molecule has 21 heavy (non-hydrogen) atoms. The Bertz CT molecular complexity index is 553. The first kappa shape index (κ1) is 15.2. The first-order valence-corrected chi connectivity index (χ1v) is 7.14. The monoisotopic (exact) mass is 291 g/mol. The fraction of sp³-hybridized carbons (Fsp3) is 0.467. The van der Waals surface area contributed by atoms with Gasteiger partial charge in [-0.05, 0) is 43.9 Å². The fourth-order valence-electron chi connectivity index (χ4n) is 2.09. The molecule has 0 saturated heterocycles. The topological polar surface area (TPSA) is 104 Å². The zero-order chi connectivity index (χ0) is 15.4. The van der Waals surface area contributed by atoms with E-state index in [-0.39, 0.29) is 17.2 Å². The van der Waals surface area contributed by atoms with Crippen LogP contribution in [0.1, 0.15) is 41.6 Å². The van der Waals surface area contributed by atoms with Gasteiger partial charge in [0, 0.05) is 30.4 Å². The summed E-state index contributed by atoms with van der Waals surface area (Å²) in [5, 5.41) is 15.2. The molecule has 1 aromatic carbocycles. The third kappa shape index (κ3) is 4.37. The Hall–Kier alpha value is -2.24. The molecule has 6 heteroatoms. The largest absolute Gasteiger partial charge is 0.478 e. The van der Waals surface area contributed by atoms with Crippen LogP contribution in [0.5, 0.6) is 0 Å². The van der Waals surface area contributed by atoms with Crippen LogP contribution in [0.2, 0.25) is 0 Å². The van der Waals surface area contributed by atoms with E-state index in [4.69, 9.17) is 10.8 Å². The van der Waals surface area contributed by atoms with Gasteiger partial charge in [-0.1, -0.05) is 0 Å². The molecule has 0 aromatic heterocycles. The number of aromatic carboxylic acids is 1. The number of nitrogen functional groups attached to an aromatic ring is 1. The molecule has 0 unspecified atom stereocenters. The lowest BCUT2D eigenvalue weighted by atomic mass is 10.1. The maximum atomic E-state index is 11.5. The lowest BCUT2D eigenvalue weighted by Gasteiger charge is -2.11. The molecule has 114 valence electrons. The van der Waals surface area contributed by atoms with Gasteiger partial charge in [-0.3, -0.25) is 4.79 Å². The number of carboxylic acid groups (broad SMARTS) is 1. The summed E-state index contributed by atoms with van der Waals surface area (Å²) in [6, 6.07) is 3.73. The van der Waals surface area contributed by atoms with Gasteiger partial charge < -0.3 is 21.5 Å². The molecule has 0 spiro atoms. The number of amides is 1. The number of carbonyl (C=O) groups excluding carboxylic acids is 1. The molecular weight excluding hydrogens is 270 g/mol. The van der Waals surface area contributed by atoms with Crippen molar-refractivity contribution >= 4 is 23.3 Å². The van der Waals surface area contributed by atoms with E-state index in [0.29, 0.717) is 31.1 Å². The maximum Gasteiger partial charge on any atom is 0.337 e. The minimum atomic E-state index is -1.04. The number of nitrogens with two attached hydrogens (primary N) is 1. The predicted molar refractivity (Wildman–Crippen MR) is 81.4 cm³/mol. The molecule has 0 aliphatic heterocycles. The smallest absolute Gasteiger partial charge is 0.337 e. The van der Waals surface area contributed by atoms with E-state index in [2.05, 4.69) is 10.6 Å². The molecule has 0 radical (unpaired) electrons. The molecule has 1 saturated carbocycles. The van der Waals surface area contributed by atoms with Crippen molar-refractivity contribution in [3.8, 4) is 0 Å². The molecule has 6 nitrogen and oxygen atoms in total. The summed E-state index contributed by atoms with van der Waals surface area (Å²) >= 11 is 0. The van der Waals surface area contributed by atoms with Gasteiger partial charge in [-0.2, -0.15) is 0 Å². The van der Waals surface area contributed by atoms with Gasteiger partial charge in [0.15, 0.2) is 0 Å². The van der Waals surface area contributed by atoms with Gasteiger partial charge in [0.2, 0.25) is 5.91 Å². The van der Waals surface area contributed by atoms with Crippen molar-refractivity contribution in [1.82, 2.24) is 5.32 Å². The number of benzene rings is 1. The number of nitrogens with one attached hydrogen (secondary N) is 2. The summed E-state index contributed by atoms with van der Waals surface area (Å²) < 4.78 is 0. The Morgan fingerprint density at radius 2 is 2.10 bits per heavy atom. The van der Waals surface area contributed by atoms with E-state index in [1.54, 1.807) is 6.92 Å². The Labute approximate surface area is 123 Å². The lowest BCUT2D eigenvalue weighted by Crippen LogP contribution is -2.25. The molecule has 1 aliphatic carbocycles. The van der Waals surface area contributed by atoms with Crippen LogP contribution < -0.4 is 16.4 Å². The second-order valence-corrected chi connectivity index (χ2v) is 5.43. The van der Waals surface area contributed by atoms with E-state index in [1.807, 2.05) is 6.07 Å². The quantitative estimate of drug-likeness (QED) is 0.452. The SMILES string of the molecule is Cc1cc(NCCCC(=O)NC2CC2)cc(C(=O)O)c1N. The summed E-state index contributed by atoms with van der Waals surface area (Å²) in [5.74, 6) is -0.956. The summed E-state index contributed by atoms with van der Waals surface area (Å²) in [4.78, 5) is 22.6. The zero-order valence-corrected chi connectivity index (χ0v) is 12.1. The first-order chi connectivity index (χ1) is 9.97. The fourth-order valence-corrected chi connectivity index (χ4v) is 2.09. The molecule has 0 atom stereocenters.